The second-order valence-corrected chi connectivity index (χ2v) is 7.31. The van der Waals surface area contributed by atoms with Gasteiger partial charge in [0.15, 0.2) is 5.16 Å². The molecule has 0 amide bonds. The Morgan fingerprint density at radius 3 is 2.67 bits per heavy atom. The van der Waals surface area contributed by atoms with Gasteiger partial charge in [-0.25, -0.2) is 9.97 Å². The van der Waals surface area contributed by atoms with E-state index in [1.807, 2.05) is 25.5 Å². The van der Waals surface area contributed by atoms with E-state index in [1.165, 1.54) is 17.7 Å². The molecule has 0 N–H and O–H groups in total. The van der Waals surface area contributed by atoms with Gasteiger partial charge in [-0.05, 0) is 31.2 Å². The fraction of sp³-hybridized carbons (Fsp3) is 0.500. The summed E-state index contributed by atoms with van der Waals surface area (Å²) in [5, 5.41) is 0.872. The molecule has 24 heavy (non-hydrogen) atoms. The molecule has 0 aliphatic carbocycles. The molecule has 2 aromatic heterocycles. The van der Waals surface area contributed by atoms with Gasteiger partial charge in [-0.3, -0.25) is 9.88 Å². The Kier molecular flexibility index (Phi) is 6.04. The van der Waals surface area contributed by atoms with Gasteiger partial charge in [0, 0.05) is 68.3 Å². The van der Waals surface area contributed by atoms with Crippen LogP contribution in [0.3, 0.4) is 0 Å². The zero-order valence-electron chi connectivity index (χ0n) is 14.5. The highest BCUT2D eigenvalue weighted by atomic mass is 32.2. The first-order valence-corrected chi connectivity index (χ1v) is 9.57. The topological polar surface area (TPSA) is 45.2 Å². The third kappa shape index (κ3) is 4.68. The monoisotopic (exact) mass is 343 g/mol. The third-order valence-electron chi connectivity index (χ3n) is 4.20. The van der Waals surface area contributed by atoms with E-state index >= 15 is 0 Å². The van der Waals surface area contributed by atoms with Crippen molar-refractivity contribution < 1.29 is 0 Å². The highest BCUT2D eigenvalue weighted by Gasteiger charge is 2.16. The first kappa shape index (κ1) is 17.2. The van der Waals surface area contributed by atoms with Gasteiger partial charge in [-0.2, -0.15) is 0 Å². The highest BCUT2D eigenvalue weighted by molar-refractivity contribution is 7.99. The molecule has 0 aromatic carbocycles. The third-order valence-corrected chi connectivity index (χ3v) is 4.95. The maximum Gasteiger partial charge on any atom is 0.187 e. The molecule has 0 unspecified atom stereocenters. The van der Waals surface area contributed by atoms with Crippen LogP contribution in [0.4, 0.5) is 5.69 Å². The number of rotatable bonds is 5. The van der Waals surface area contributed by atoms with Crippen molar-refractivity contribution in [1.29, 1.82) is 0 Å². The summed E-state index contributed by atoms with van der Waals surface area (Å²) in [6.45, 7) is 9.43. The van der Waals surface area contributed by atoms with Gasteiger partial charge in [0.1, 0.15) is 0 Å². The van der Waals surface area contributed by atoms with Crippen molar-refractivity contribution in [3.05, 3.63) is 42.0 Å². The number of hydrogen-bond acceptors (Lipinski definition) is 6. The molecule has 2 aromatic rings. The minimum atomic E-state index is 0.872. The Labute approximate surface area is 148 Å². The van der Waals surface area contributed by atoms with Gasteiger partial charge in [-0.1, -0.05) is 18.7 Å². The predicted octanol–water partition coefficient (Wildman–Crippen LogP) is 3.00. The van der Waals surface area contributed by atoms with Gasteiger partial charge in [0.2, 0.25) is 0 Å². The molecule has 3 rings (SSSR count). The first-order valence-electron chi connectivity index (χ1n) is 8.58. The number of hydrogen-bond donors (Lipinski definition) is 0. The molecule has 1 fully saturated rings. The smallest absolute Gasteiger partial charge is 0.187 e. The molecule has 1 aliphatic rings. The van der Waals surface area contributed by atoms with Crippen LogP contribution < -0.4 is 4.90 Å². The summed E-state index contributed by atoms with van der Waals surface area (Å²) in [7, 11) is 0. The second-order valence-electron chi connectivity index (χ2n) is 6.08. The summed E-state index contributed by atoms with van der Waals surface area (Å²) in [4.78, 5) is 18.1. The Morgan fingerprint density at radius 1 is 1.08 bits per heavy atom. The lowest BCUT2D eigenvalue weighted by Crippen LogP contribution is -2.30. The van der Waals surface area contributed by atoms with E-state index in [-0.39, 0.29) is 0 Å². The number of aromatic nitrogens is 3. The second kappa shape index (κ2) is 8.44. The summed E-state index contributed by atoms with van der Waals surface area (Å²) in [6.07, 6.45) is 7.02. The van der Waals surface area contributed by atoms with E-state index in [0.717, 1.165) is 49.3 Å². The normalized spacial score (nSPS) is 16.2. The summed E-state index contributed by atoms with van der Waals surface area (Å²) in [6, 6.07) is 4.29. The zero-order chi connectivity index (χ0) is 16.8. The van der Waals surface area contributed by atoms with E-state index in [0.29, 0.717) is 0 Å². The zero-order valence-corrected chi connectivity index (χ0v) is 15.3. The molecule has 0 saturated carbocycles. The van der Waals surface area contributed by atoms with Crippen molar-refractivity contribution in [1.82, 2.24) is 19.9 Å². The quantitative estimate of drug-likeness (QED) is 0.614. The van der Waals surface area contributed by atoms with Crippen LogP contribution in [-0.2, 0) is 6.54 Å². The van der Waals surface area contributed by atoms with Crippen molar-refractivity contribution in [2.24, 2.45) is 0 Å². The van der Waals surface area contributed by atoms with Crippen molar-refractivity contribution in [2.75, 3.05) is 36.8 Å². The number of nitrogens with zero attached hydrogens (tertiary/aromatic N) is 5. The summed E-state index contributed by atoms with van der Waals surface area (Å²) < 4.78 is 0. The van der Waals surface area contributed by atoms with Crippen LogP contribution >= 0.6 is 11.8 Å². The summed E-state index contributed by atoms with van der Waals surface area (Å²) >= 11 is 1.68. The van der Waals surface area contributed by atoms with Gasteiger partial charge < -0.3 is 4.90 Å². The van der Waals surface area contributed by atoms with Crippen LogP contribution in [0.1, 0.15) is 24.6 Å². The average molecular weight is 344 g/mol. The molecule has 6 heteroatoms. The van der Waals surface area contributed by atoms with Crippen LogP contribution in [0.25, 0.3) is 0 Å². The van der Waals surface area contributed by atoms with Crippen LogP contribution in [0, 0.1) is 6.92 Å². The number of aryl methyl sites for hydroxylation is 1. The number of anilines is 1. The van der Waals surface area contributed by atoms with Gasteiger partial charge in [-0.15, -0.1) is 0 Å². The minimum Gasteiger partial charge on any atom is -0.370 e. The van der Waals surface area contributed by atoms with Gasteiger partial charge in [0.25, 0.3) is 0 Å². The minimum absolute atomic E-state index is 0.872. The molecule has 128 valence electrons. The SMILES string of the molecule is CCSc1ncc(CN2CCCN(c3ccnc(C)c3)CC2)cn1. The van der Waals surface area contributed by atoms with Crippen molar-refractivity contribution in [2.45, 2.75) is 32.0 Å². The largest absolute Gasteiger partial charge is 0.370 e. The molecule has 1 aliphatic heterocycles. The summed E-state index contributed by atoms with van der Waals surface area (Å²) in [5.74, 6) is 1.01. The molecule has 3 heterocycles. The molecule has 1 saturated heterocycles. The molecule has 0 atom stereocenters. The standard InChI is InChI=1S/C18H25N5S/c1-3-24-18-20-12-16(13-21-18)14-22-7-4-8-23(10-9-22)17-5-6-19-15(2)11-17/h5-6,11-13H,3-4,7-10,14H2,1-2H3. The Morgan fingerprint density at radius 2 is 1.92 bits per heavy atom. The molecule has 5 nitrogen and oxygen atoms in total. The van der Waals surface area contributed by atoms with Crippen LogP contribution in [-0.4, -0.2) is 51.8 Å². The number of thioether (sulfide) groups is 1. The van der Waals surface area contributed by atoms with Crippen molar-refractivity contribution >= 4 is 17.4 Å². The van der Waals surface area contributed by atoms with E-state index in [9.17, 15) is 0 Å². The lowest BCUT2D eigenvalue weighted by atomic mass is 10.3. The fourth-order valence-electron chi connectivity index (χ4n) is 3.00. The van der Waals surface area contributed by atoms with Crippen molar-refractivity contribution in [3.63, 3.8) is 0 Å². The lowest BCUT2D eigenvalue weighted by molar-refractivity contribution is 0.284. The fourth-order valence-corrected chi connectivity index (χ4v) is 3.51. The Balaban J connectivity index is 1.57. The average Bonchev–Trinajstić information content (AvgIpc) is 2.83. The molecule has 0 bridgehead atoms. The van der Waals surface area contributed by atoms with Gasteiger partial charge >= 0.3 is 0 Å². The molecular weight excluding hydrogens is 318 g/mol. The Hall–Kier alpha value is -1.66. The maximum absolute atomic E-state index is 4.44. The van der Waals surface area contributed by atoms with E-state index in [4.69, 9.17) is 0 Å². The van der Waals surface area contributed by atoms with E-state index in [1.54, 1.807) is 11.8 Å². The Bertz CT molecular complexity index is 646. The predicted molar refractivity (Wildman–Crippen MR) is 99.5 cm³/mol. The van der Waals surface area contributed by atoms with Crippen molar-refractivity contribution in [3.8, 4) is 0 Å². The highest BCUT2D eigenvalue weighted by Crippen LogP contribution is 2.18. The number of pyridine rings is 1. The molecule has 0 spiro atoms. The van der Waals surface area contributed by atoms with Crippen LogP contribution in [0.5, 0.6) is 0 Å². The van der Waals surface area contributed by atoms with E-state index in [2.05, 4.69) is 43.8 Å². The van der Waals surface area contributed by atoms with Gasteiger partial charge in [0.05, 0.1) is 0 Å². The molecular formula is C18H25N5S. The van der Waals surface area contributed by atoms with E-state index < -0.39 is 0 Å². The lowest BCUT2D eigenvalue weighted by Gasteiger charge is -2.23. The summed E-state index contributed by atoms with van der Waals surface area (Å²) in [5.41, 5.74) is 3.56. The maximum atomic E-state index is 4.44. The van der Waals surface area contributed by atoms with Crippen LogP contribution in [0.15, 0.2) is 35.9 Å². The van der Waals surface area contributed by atoms with Crippen LogP contribution in [0.2, 0.25) is 0 Å². The first-order chi connectivity index (χ1) is 11.7. The molecule has 0 radical (unpaired) electrons.